The predicted octanol–water partition coefficient (Wildman–Crippen LogP) is 5.05. The second kappa shape index (κ2) is 11.9. The molecule has 1 N–H and O–H groups in total. The molecule has 5 aliphatic rings. The van der Waals surface area contributed by atoms with Gasteiger partial charge in [-0.3, -0.25) is 14.4 Å². The molecule has 1 aromatic rings. The second-order valence-electron chi connectivity index (χ2n) is 14.0. The summed E-state index contributed by atoms with van der Waals surface area (Å²) in [6.07, 6.45) is 1.51. The number of aliphatic hydroxyl groups is 1. The quantitative estimate of drug-likeness (QED) is 0.163. The molecule has 6 rings (SSSR count). The Bertz CT molecular complexity index is 1310. The average Bonchev–Trinajstić information content (AvgIpc) is 3.40. The molecule has 0 aromatic heterocycles. The largest absolute Gasteiger partial charge is 0.461 e. The van der Waals surface area contributed by atoms with Crippen LogP contribution in [0.3, 0.4) is 0 Å². The molecule has 8 atom stereocenters. The Balaban J connectivity index is 1.19. The van der Waals surface area contributed by atoms with Crippen molar-refractivity contribution in [2.75, 3.05) is 36.4 Å². The number of hydrogen-bond acceptors (Lipinski definition) is 8. The van der Waals surface area contributed by atoms with Crippen LogP contribution in [0.2, 0.25) is 0 Å². The highest BCUT2D eigenvalue weighted by Gasteiger charge is 2.81. The zero-order valence-corrected chi connectivity index (χ0v) is 27.1. The van der Waals surface area contributed by atoms with Crippen molar-refractivity contribution in [2.45, 2.75) is 77.3 Å². The van der Waals surface area contributed by atoms with Gasteiger partial charge in [0.15, 0.2) is 17.5 Å². The molecule has 0 unspecified atom stereocenters. The molecule has 1 aromatic carbocycles. The van der Waals surface area contributed by atoms with Crippen LogP contribution < -0.4 is 4.90 Å². The van der Waals surface area contributed by atoms with Crippen LogP contribution in [0, 0.1) is 34.0 Å². The van der Waals surface area contributed by atoms with Crippen molar-refractivity contribution >= 4 is 46.6 Å². The molecule has 44 heavy (non-hydrogen) atoms. The summed E-state index contributed by atoms with van der Waals surface area (Å²) in [5, 5.41) is 11.1. The molecule has 5 fully saturated rings. The van der Waals surface area contributed by atoms with Crippen LogP contribution >= 0.6 is 23.2 Å². The van der Waals surface area contributed by atoms with Gasteiger partial charge in [0, 0.05) is 54.2 Å². The Kier molecular flexibility index (Phi) is 8.61. The van der Waals surface area contributed by atoms with Gasteiger partial charge in [0.1, 0.15) is 12.2 Å². The van der Waals surface area contributed by atoms with Gasteiger partial charge < -0.3 is 24.2 Å². The van der Waals surface area contributed by atoms with E-state index in [0.29, 0.717) is 62.5 Å². The Morgan fingerprint density at radius 2 is 1.82 bits per heavy atom. The molecule has 2 saturated heterocycles. The number of nitrogens with zero attached hydrogens (tertiary/aromatic N) is 1. The van der Waals surface area contributed by atoms with Gasteiger partial charge in [0.2, 0.25) is 0 Å². The number of halogens is 2. The number of aliphatic hydroxyl groups excluding tert-OH is 1. The molecular weight excluding hydrogens is 605 g/mol. The summed E-state index contributed by atoms with van der Waals surface area (Å²) in [5.74, 6) is -1.62. The fraction of sp³-hybridized carbons (Fsp3) is 0.676. The van der Waals surface area contributed by atoms with Crippen LogP contribution in [-0.2, 0) is 35.0 Å². The molecule has 0 radical (unpaired) electrons. The zero-order chi connectivity index (χ0) is 31.4. The minimum Gasteiger partial charge on any atom is -0.461 e. The molecule has 2 heterocycles. The highest BCUT2D eigenvalue weighted by molar-refractivity contribution is 6.18. The minimum atomic E-state index is -1.65. The topological polar surface area (TPSA) is 102 Å². The van der Waals surface area contributed by atoms with Crippen LogP contribution in [0.15, 0.2) is 36.4 Å². The molecule has 2 aliphatic heterocycles. The number of Topliss-reactive ketones (excluding diaryl/α,β-unsaturated/α-hetero) is 1. The number of ketones is 1. The van der Waals surface area contributed by atoms with E-state index in [-0.39, 0.29) is 30.1 Å². The number of aryl methyl sites for hydroxylation is 1. The zero-order valence-electron chi connectivity index (χ0n) is 25.6. The van der Waals surface area contributed by atoms with E-state index in [1.54, 1.807) is 0 Å². The van der Waals surface area contributed by atoms with Crippen molar-refractivity contribution < 1.29 is 33.7 Å². The van der Waals surface area contributed by atoms with Gasteiger partial charge in [-0.1, -0.05) is 32.6 Å². The van der Waals surface area contributed by atoms with Gasteiger partial charge in [0.05, 0.1) is 6.61 Å². The summed E-state index contributed by atoms with van der Waals surface area (Å²) < 4.78 is 18.2. The minimum absolute atomic E-state index is 0.150. The summed E-state index contributed by atoms with van der Waals surface area (Å²) in [4.78, 5) is 43.6. The van der Waals surface area contributed by atoms with E-state index in [0.717, 1.165) is 17.7 Å². The van der Waals surface area contributed by atoms with E-state index in [1.165, 1.54) is 0 Å². The third kappa shape index (κ3) is 4.73. The number of carbonyl (C=O) groups excluding carboxylic acids is 3. The van der Waals surface area contributed by atoms with Crippen molar-refractivity contribution in [3.05, 3.63) is 42.0 Å². The van der Waals surface area contributed by atoms with E-state index in [1.807, 2.05) is 24.3 Å². The molecular formula is C34H43Cl2NO7. The molecule has 2 spiro atoms. The molecule has 3 saturated carbocycles. The van der Waals surface area contributed by atoms with Gasteiger partial charge in [-0.15, -0.1) is 23.2 Å². The number of rotatable bonds is 10. The van der Waals surface area contributed by atoms with E-state index < -0.39 is 53.1 Å². The van der Waals surface area contributed by atoms with Crippen LogP contribution in [0.25, 0.3) is 0 Å². The molecule has 0 amide bonds. The predicted molar refractivity (Wildman–Crippen MR) is 166 cm³/mol. The van der Waals surface area contributed by atoms with Gasteiger partial charge >= 0.3 is 11.9 Å². The lowest BCUT2D eigenvalue weighted by Crippen LogP contribution is -2.71. The Morgan fingerprint density at radius 1 is 1.11 bits per heavy atom. The maximum Gasteiger partial charge on any atom is 0.324 e. The van der Waals surface area contributed by atoms with Gasteiger partial charge in [-0.2, -0.15) is 0 Å². The number of ether oxygens (including phenoxy) is 3. The number of carbonyl (C=O) groups is 3. The van der Waals surface area contributed by atoms with Crippen molar-refractivity contribution in [1.29, 1.82) is 0 Å². The number of fused-ring (bicyclic) bond motifs is 1. The maximum absolute atomic E-state index is 14.1. The first-order chi connectivity index (χ1) is 21.0. The molecule has 3 aliphatic carbocycles. The highest BCUT2D eigenvalue weighted by Crippen LogP contribution is 2.71. The Hall–Kier alpha value is -2.13. The Labute approximate surface area is 269 Å². The first-order valence-electron chi connectivity index (χ1n) is 15.9. The second-order valence-corrected chi connectivity index (χ2v) is 14.7. The fourth-order valence-corrected chi connectivity index (χ4v) is 9.98. The number of anilines is 1. The summed E-state index contributed by atoms with van der Waals surface area (Å²) in [7, 11) is 0. The van der Waals surface area contributed by atoms with Gasteiger partial charge in [-0.05, 0) is 73.1 Å². The van der Waals surface area contributed by atoms with Gasteiger partial charge in [-0.25, -0.2) is 0 Å². The summed E-state index contributed by atoms with van der Waals surface area (Å²) in [6.45, 7) is 9.92. The maximum atomic E-state index is 14.1. The third-order valence-corrected chi connectivity index (χ3v) is 11.8. The lowest BCUT2D eigenvalue weighted by atomic mass is 9.43. The van der Waals surface area contributed by atoms with E-state index >= 15 is 0 Å². The van der Waals surface area contributed by atoms with Gasteiger partial charge in [0.25, 0.3) is 0 Å². The normalized spacial score (nSPS) is 36.7. The van der Waals surface area contributed by atoms with Crippen molar-refractivity contribution in [3.8, 4) is 0 Å². The van der Waals surface area contributed by atoms with Crippen LogP contribution in [0.5, 0.6) is 0 Å². The van der Waals surface area contributed by atoms with Crippen LogP contribution in [0.4, 0.5) is 5.69 Å². The average molecular weight is 649 g/mol. The van der Waals surface area contributed by atoms with Crippen molar-refractivity contribution in [3.63, 3.8) is 0 Å². The first kappa shape index (κ1) is 31.8. The number of esters is 2. The van der Waals surface area contributed by atoms with Crippen molar-refractivity contribution in [2.24, 2.45) is 34.0 Å². The number of benzene rings is 1. The lowest BCUT2D eigenvalue weighted by molar-refractivity contribution is -0.252. The molecule has 240 valence electrons. The summed E-state index contributed by atoms with van der Waals surface area (Å²) in [6, 6.07) is 8.15. The number of hydrogen-bond donors (Lipinski definition) is 1. The molecule has 8 nitrogen and oxygen atoms in total. The summed E-state index contributed by atoms with van der Waals surface area (Å²) >= 11 is 11.9. The summed E-state index contributed by atoms with van der Waals surface area (Å²) in [5.41, 5.74) is -0.209. The smallest absolute Gasteiger partial charge is 0.324 e. The molecule has 10 heteroatoms. The van der Waals surface area contributed by atoms with Crippen LogP contribution in [-0.4, -0.2) is 72.8 Å². The molecule has 2 bridgehead atoms. The monoisotopic (exact) mass is 647 g/mol. The van der Waals surface area contributed by atoms with Crippen molar-refractivity contribution in [1.82, 2.24) is 0 Å². The highest BCUT2D eigenvalue weighted by atomic mass is 35.5. The number of alkyl halides is 2. The lowest BCUT2D eigenvalue weighted by Gasteiger charge is -2.62. The van der Waals surface area contributed by atoms with E-state index in [4.69, 9.17) is 37.4 Å². The standard InChI is InChI=1S/C34H43Cl2NO7/c1-20-23-11-12-24-33-19-42-30(40)27(33)32(2,3)14-13-25(33)43-31(41)34(24,28(20)39)29(23)44-26(38)6-4-5-21-7-9-22(10-8-21)37(17-15-35)18-16-36/h7-10,23-25,27,29-30,40H,1,4-6,11-19H2,2-3H3/t23-,24-,25-,27+,29+,30+,33+,34-/m0/s1. The Morgan fingerprint density at radius 3 is 2.50 bits per heavy atom. The fourth-order valence-electron chi connectivity index (χ4n) is 9.58. The van der Waals surface area contributed by atoms with Crippen LogP contribution in [0.1, 0.15) is 57.9 Å². The SMILES string of the molecule is C=C1C(=O)[C@@]23C(=O)O[C@H]4CCC(C)(C)[C@H]5[C@H](O)OC[C@@]45[C@@H]2CC[C@@H]1[C@H]3OC(=O)CCCc1ccc(N(CCCl)CCCl)cc1. The van der Waals surface area contributed by atoms with E-state index in [9.17, 15) is 19.5 Å². The van der Waals surface area contributed by atoms with E-state index in [2.05, 4.69) is 25.3 Å². The third-order valence-electron chi connectivity index (χ3n) is 11.5. The first-order valence-corrected chi connectivity index (χ1v) is 17.0.